The summed E-state index contributed by atoms with van der Waals surface area (Å²) in [4.78, 5) is 31.6. The first-order chi connectivity index (χ1) is 14.8. The first-order valence-electron chi connectivity index (χ1n) is 9.67. The molecule has 0 fully saturated rings. The number of hydroxylamine groups is 1. The lowest BCUT2D eigenvalue weighted by molar-refractivity contribution is -0.114. The molecule has 0 aliphatic carbocycles. The second kappa shape index (κ2) is 9.68. The summed E-state index contributed by atoms with van der Waals surface area (Å²) in [6.45, 7) is 3.23. The number of carbonyl (C=O) groups excluding carboxylic acids is 2. The zero-order valence-electron chi connectivity index (χ0n) is 17.2. The van der Waals surface area contributed by atoms with E-state index in [0.717, 1.165) is 10.6 Å². The molecular formula is C22H24N6O3. The molecule has 0 bridgehead atoms. The Kier molecular flexibility index (Phi) is 6.78. The van der Waals surface area contributed by atoms with E-state index in [9.17, 15) is 14.8 Å². The summed E-state index contributed by atoms with van der Waals surface area (Å²) in [6.07, 6.45) is 1.80. The highest BCUT2D eigenvalue weighted by Crippen LogP contribution is 2.23. The maximum Gasteiger partial charge on any atom is 0.254 e. The molecular weight excluding hydrogens is 396 g/mol. The fraction of sp³-hybridized carbons (Fsp3) is 0.182. The Hall–Kier alpha value is -3.98. The van der Waals surface area contributed by atoms with Gasteiger partial charge in [0.2, 0.25) is 11.9 Å². The lowest BCUT2D eigenvalue weighted by Gasteiger charge is -2.25. The van der Waals surface area contributed by atoms with Crippen LogP contribution < -0.4 is 21.4 Å². The maximum atomic E-state index is 11.9. The van der Waals surface area contributed by atoms with Gasteiger partial charge in [0.05, 0.1) is 6.04 Å². The lowest BCUT2D eigenvalue weighted by Crippen LogP contribution is -2.34. The number of primary amides is 1. The average Bonchev–Trinajstić information content (AvgIpc) is 2.73. The van der Waals surface area contributed by atoms with Crippen LogP contribution >= 0.6 is 0 Å². The molecule has 3 rings (SSSR count). The molecule has 0 aliphatic rings. The summed E-state index contributed by atoms with van der Waals surface area (Å²) in [6, 6.07) is 16.3. The van der Waals surface area contributed by atoms with E-state index in [1.54, 1.807) is 24.3 Å². The molecule has 5 N–H and O–H groups in total. The molecule has 0 saturated heterocycles. The number of nitrogens with two attached hydrogens (primary N) is 1. The van der Waals surface area contributed by atoms with Crippen LogP contribution in [0, 0.1) is 0 Å². The molecule has 0 aliphatic heterocycles. The molecule has 1 heterocycles. The second-order valence-corrected chi connectivity index (χ2v) is 7.07. The van der Waals surface area contributed by atoms with Crippen molar-refractivity contribution in [2.75, 3.05) is 15.7 Å². The Morgan fingerprint density at radius 1 is 1.13 bits per heavy atom. The summed E-state index contributed by atoms with van der Waals surface area (Å²) in [7, 11) is 0. The molecule has 3 aromatic rings. The topological polar surface area (TPSA) is 133 Å². The predicted octanol–water partition coefficient (Wildman–Crippen LogP) is 3.10. The van der Waals surface area contributed by atoms with Crippen molar-refractivity contribution in [2.24, 2.45) is 5.73 Å². The molecule has 1 aromatic heterocycles. The Labute approximate surface area is 179 Å². The predicted molar refractivity (Wildman–Crippen MR) is 118 cm³/mol. The van der Waals surface area contributed by atoms with Gasteiger partial charge in [-0.3, -0.25) is 14.8 Å². The highest BCUT2D eigenvalue weighted by Gasteiger charge is 2.22. The van der Waals surface area contributed by atoms with Gasteiger partial charge in [-0.05, 0) is 37.1 Å². The number of carbonyl (C=O) groups is 2. The number of rotatable bonds is 8. The van der Waals surface area contributed by atoms with Crippen molar-refractivity contribution in [3.8, 4) is 0 Å². The fourth-order valence-corrected chi connectivity index (χ4v) is 3.04. The summed E-state index contributed by atoms with van der Waals surface area (Å²) in [5.74, 6) is -0.776. The highest BCUT2D eigenvalue weighted by atomic mass is 16.5. The second-order valence-electron chi connectivity index (χ2n) is 7.07. The third-order valence-electron chi connectivity index (χ3n) is 4.48. The Morgan fingerprint density at radius 3 is 2.52 bits per heavy atom. The Morgan fingerprint density at radius 2 is 1.84 bits per heavy atom. The molecule has 160 valence electrons. The molecule has 0 radical (unpaired) electrons. The quantitative estimate of drug-likeness (QED) is 0.411. The van der Waals surface area contributed by atoms with E-state index in [0.29, 0.717) is 17.8 Å². The minimum absolute atomic E-state index is 0.0000382. The van der Waals surface area contributed by atoms with Crippen molar-refractivity contribution < 1.29 is 14.8 Å². The summed E-state index contributed by atoms with van der Waals surface area (Å²) >= 11 is 0. The van der Waals surface area contributed by atoms with Crippen LogP contribution in [0.1, 0.15) is 29.8 Å². The van der Waals surface area contributed by atoms with Crippen LogP contribution in [0.4, 0.5) is 23.1 Å². The van der Waals surface area contributed by atoms with Crippen LogP contribution in [0.15, 0.2) is 60.8 Å². The van der Waals surface area contributed by atoms with E-state index < -0.39 is 5.91 Å². The van der Waals surface area contributed by atoms with Crippen LogP contribution in [0.2, 0.25) is 0 Å². The molecule has 9 heteroatoms. The normalized spacial score (nSPS) is 11.5. The van der Waals surface area contributed by atoms with Crippen molar-refractivity contribution in [3.05, 3.63) is 71.9 Å². The molecule has 1 unspecified atom stereocenters. The molecule has 1 atom stereocenters. The van der Waals surface area contributed by atoms with E-state index >= 15 is 0 Å². The fourth-order valence-electron chi connectivity index (χ4n) is 3.04. The van der Waals surface area contributed by atoms with Gasteiger partial charge in [-0.1, -0.05) is 36.4 Å². The van der Waals surface area contributed by atoms with Gasteiger partial charge in [0, 0.05) is 24.5 Å². The number of benzene rings is 2. The largest absolute Gasteiger partial charge is 0.365 e. The van der Waals surface area contributed by atoms with E-state index in [1.807, 2.05) is 37.3 Å². The zero-order valence-corrected chi connectivity index (χ0v) is 17.2. The molecule has 0 saturated carbocycles. The summed E-state index contributed by atoms with van der Waals surface area (Å²) in [5, 5.41) is 17.4. The van der Waals surface area contributed by atoms with Gasteiger partial charge in [0.15, 0.2) is 5.82 Å². The number of amides is 2. The van der Waals surface area contributed by atoms with Crippen molar-refractivity contribution in [2.45, 2.75) is 26.3 Å². The van der Waals surface area contributed by atoms with Gasteiger partial charge >= 0.3 is 0 Å². The Bertz CT molecular complexity index is 1070. The first kappa shape index (κ1) is 21.7. The smallest absolute Gasteiger partial charge is 0.254 e. The standard InChI is InChI=1S/C22H24N6O3/c1-14(11-16-7-4-3-5-8-16)28(31)21-19(20(23)30)13-24-22(27-21)26-18-10-6-9-17(12-18)25-15(2)29/h3-10,12-14,31H,11H2,1-2H3,(H2,23,30)(H,25,29)(H,24,26,27). The minimum atomic E-state index is -0.750. The third kappa shape index (κ3) is 5.77. The van der Waals surface area contributed by atoms with Crippen molar-refractivity contribution in [3.63, 3.8) is 0 Å². The number of hydrogen-bond acceptors (Lipinski definition) is 7. The molecule has 2 aromatic carbocycles. The molecule has 9 nitrogen and oxygen atoms in total. The van der Waals surface area contributed by atoms with Gasteiger partial charge in [0.1, 0.15) is 5.56 Å². The van der Waals surface area contributed by atoms with Gasteiger partial charge in [-0.2, -0.15) is 4.98 Å². The lowest BCUT2D eigenvalue weighted by atomic mass is 10.1. The molecule has 2 amide bonds. The van der Waals surface area contributed by atoms with E-state index in [2.05, 4.69) is 20.6 Å². The highest BCUT2D eigenvalue weighted by molar-refractivity contribution is 5.97. The minimum Gasteiger partial charge on any atom is -0.365 e. The SMILES string of the molecule is CC(=O)Nc1cccc(Nc2ncc(C(N)=O)c(N(O)C(C)Cc3ccccc3)n2)c1. The van der Waals surface area contributed by atoms with Crippen LogP contribution in [0.5, 0.6) is 0 Å². The Balaban J connectivity index is 1.85. The molecule has 0 spiro atoms. The maximum absolute atomic E-state index is 11.9. The van der Waals surface area contributed by atoms with E-state index in [1.165, 1.54) is 13.1 Å². The van der Waals surface area contributed by atoms with Gasteiger partial charge in [-0.15, -0.1) is 0 Å². The van der Waals surface area contributed by atoms with E-state index in [4.69, 9.17) is 5.73 Å². The van der Waals surface area contributed by atoms with Gasteiger partial charge < -0.3 is 16.4 Å². The number of anilines is 4. The van der Waals surface area contributed by atoms with Crippen LogP contribution in [0.3, 0.4) is 0 Å². The summed E-state index contributed by atoms with van der Waals surface area (Å²) < 4.78 is 0. The van der Waals surface area contributed by atoms with E-state index in [-0.39, 0.29) is 29.3 Å². The van der Waals surface area contributed by atoms with Crippen molar-refractivity contribution >= 4 is 35.0 Å². The van der Waals surface area contributed by atoms with Gasteiger partial charge in [-0.25, -0.2) is 10.0 Å². The number of nitrogens with zero attached hydrogens (tertiary/aromatic N) is 3. The van der Waals surface area contributed by atoms with Crippen LogP contribution in [0.25, 0.3) is 0 Å². The zero-order chi connectivity index (χ0) is 22.4. The number of aromatic nitrogens is 2. The average molecular weight is 420 g/mol. The third-order valence-corrected chi connectivity index (χ3v) is 4.48. The monoisotopic (exact) mass is 420 g/mol. The van der Waals surface area contributed by atoms with Crippen molar-refractivity contribution in [1.82, 2.24) is 9.97 Å². The van der Waals surface area contributed by atoms with Crippen LogP contribution in [-0.2, 0) is 11.2 Å². The summed E-state index contributed by atoms with van der Waals surface area (Å²) in [5.41, 5.74) is 7.70. The van der Waals surface area contributed by atoms with Crippen molar-refractivity contribution in [1.29, 1.82) is 0 Å². The molecule has 31 heavy (non-hydrogen) atoms. The van der Waals surface area contributed by atoms with Crippen LogP contribution in [-0.4, -0.2) is 33.0 Å². The number of hydrogen-bond donors (Lipinski definition) is 4. The number of nitrogens with one attached hydrogen (secondary N) is 2. The first-order valence-corrected chi connectivity index (χ1v) is 9.67. The van der Waals surface area contributed by atoms with Gasteiger partial charge in [0.25, 0.3) is 5.91 Å².